The van der Waals surface area contributed by atoms with Crippen molar-refractivity contribution in [3.8, 4) is 11.3 Å². The molecular formula is C18H20FN3O3. The Kier molecular flexibility index (Phi) is 4.85. The van der Waals surface area contributed by atoms with E-state index in [4.69, 9.17) is 5.11 Å². The molecular weight excluding hydrogens is 325 g/mol. The Labute approximate surface area is 144 Å². The fraction of sp³-hybridized carbons (Fsp3) is 0.333. The summed E-state index contributed by atoms with van der Waals surface area (Å²) >= 11 is 0. The molecule has 0 spiro atoms. The van der Waals surface area contributed by atoms with Gasteiger partial charge in [0.1, 0.15) is 11.4 Å². The largest absolute Gasteiger partial charge is 0.477 e. The predicted molar refractivity (Wildman–Crippen MR) is 93.9 cm³/mol. The van der Waals surface area contributed by atoms with Gasteiger partial charge in [-0.05, 0) is 30.2 Å². The monoisotopic (exact) mass is 345 g/mol. The molecule has 0 amide bonds. The van der Waals surface area contributed by atoms with Crippen molar-refractivity contribution in [1.29, 1.82) is 0 Å². The Bertz CT molecular complexity index is 857. The van der Waals surface area contributed by atoms with E-state index in [-0.39, 0.29) is 11.4 Å². The number of aryl methyl sites for hydroxylation is 1. The van der Waals surface area contributed by atoms with Gasteiger partial charge in [-0.1, -0.05) is 13.0 Å². The molecule has 7 heteroatoms. The zero-order valence-corrected chi connectivity index (χ0v) is 13.9. The van der Waals surface area contributed by atoms with Crippen LogP contribution in [-0.2, 0) is 6.42 Å². The van der Waals surface area contributed by atoms with Crippen molar-refractivity contribution in [3.63, 3.8) is 0 Å². The second-order valence-electron chi connectivity index (χ2n) is 5.97. The number of benzene rings is 1. The molecule has 1 fully saturated rings. The Morgan fingerprint density at radius 3 is 2.60 bits per heavy atom. The zero-order chi connectivity index (χ0) is 18.0. The van der Waals surface area contributed by atoms with E-state index in [9.17, 15) is 14.0 Å². The molecule has 0 unspecified atom stereocenters. The Balaban J connectivity index is 2.02. The highest BCUT2D eigenvalue weighted by atomic mass is 19.1. The van der Waals surface area contributed by atoms with Gasteiger partial charge in [-0.25, -0.2) is 9.18 Å². The van der Waals surface area contributed by atoms with Crippen LogP contribution >= 0.6 is 0 Å². The van der Waals surface area contributed by atoms with Crippen LogP contribution in [0, 0.1) is 5.82 Å². The maximum Gasteiger partial charge on any atom is 0.341 e. The lowest BCUT2D eigenvalue weighted by atomic mass is 10.0. The van der Waals surface area contributed by atoms with Crippen molar-refractivity contribution in [3.05, 3.63) is 51.6 Å². The number of carboxylic acid groups (broad SMARTS) is 1. The number of piperazine rings is 1. The number of nitrogens with zero attached hydrogens (tertiary/aromatic N) is 1. The zero-order valence-electron chi connectivity index (χ0n) is 13.9. The average Bonchev–Trinajstić information content (AvgIpc) is 2.61. The van der Waals surface area contributed by atoms with Crippen molar-refractivity contribution in [2.45, 2.75) is 13.3 Å². The maximum absolute atomic E-state index is 14.6. The minimum Gasteiger partial charge on any atom is -0.477 e. The Morgan fingerprint density at radius 1 is 1.28 bits per heavy atom. The fourth-order valence-corrected chi connectivity index (χ4v) is 3.09. The lowest BCUT2D eigenvalue weighted by Gasteiger charge is -2.29. The van der Waals surface area contributed by atoms with Gasteiger partial charge in [-0.15, -0.1) is 0 Å². The van der Waals surface area contributed by atoms with Crippen molar-refractivity contribution >= 4 is 11.7 Å². The summed E-state index contributed by atoms with van der Waals surface area (Å²) in [7, 11) is 0. The first kappa shape index (κ1) is 17.2. The lowest BCUT2D eigenvalue weighted by Crippen LogP contribution is -2.43. The summed E-state index contributed by atoms with van der Waals surface area (Å²) in [5.74, 6) is -1.63. The summed E-state index contributed by atoms with van der Waals surface area (Å²) in [4.78, 5) is 27.7. The van der Waals surface area contributed by atoms with E-state index in [0.717, 1.165) is 26.2 Å². The third-order valence-electron chi connectivity index (χ3n) is 4.43. The molecule has 6 nitrogen and oxygen atoms in total. The van der Waals surface area contributed by atoms with Crippen molar-refractivity contribution in [2.24, 2.45) is 0 Å². The molecule has 3 N–H and O–H groups in total. The molecule has 0 saturated carbocycles. The molecule has 2 aromatic rings. The smallest absolute Gasteiger partial charge is 0.341 e. The highest BCUT2D eigenvalue weighted by Gasteiger charge is 2.18. The Morgan fingerprint density at radius 2 is 2.00 bits per heavy atom. The molecule has 2 heterocycles. The van der Waals surface area contributed by atoms with E-state index < -0.39 is 11.5 Å². The highest BCUT2D eigenvalue weighted by Crippen LogP contribution is 2.27. The first-order chi connectivity index (χ1) is 12.0. The van der Waals surface area contributed by atoms with Crippen molar-refractivity contribution < 1.29 is 14.3 Å². The molecule has 0 aliphatic carbocycles. The van der Waals surface area contributed by atoms with E-state index in [2.05, 4.69) is 10.3 Å². The molecule has 1 aromatic carbocycles. The molecule has 1 aromatic heterocycles. The number of carbonyl (C=O) groups is 1. The topological polar surface area (TPSA) is 85.4 Å². The third kappa shape index (κ3) is 3.41. The Hall–Kier alpha value is -2.67. The maximum atomic E-state index is 14.6. The summed E-state index contributed by atoms with van der Waals surface area (Å²) in [6.07, 6.45) is 0.521. The average molecular weight is 345 g/mol. The van der Waals surface area contributed by atoms with E-state index in [1.807, 2.05) is 11.8 Å². The van der Waals surface area contributed by atoms with Gasteiger partial charge in [0.25, 0.3) is 5.56 Å². The third-order valence-corrected chi connectivity index (χ3v) is 4.43. The van der Waals surface area contributed by atoms with E-state index in [0.29, 0.717) is 28.9 Å². The number of anilines is 1. The van der Waals surface area contributed by atoms with Crippen LogP contribution in [0.25, 0.3) is 11.3 Å². The highest BCUT2D eigenvalue weighted by molar-refractivity contribution is 5.88. The van der Waals surface area contributed by atoms with E-state index in [1.165, 1.54) is 12.1 Å². The fourth-order valence-electron chi connectivity index (χ4n) is 3.09. The molecule has 0 radical (unpaired) electrons. The summed E-state index contributed by atoms with van der Waals surface area (Å²) in [5, 5.41) is 12.3. The van der Waals surface area contributed by atoms with Crippen molar-refractivity contribution in [1.82, 2.24) is 10.3 Å². The number of H-pyrrole nitrogens is 1. The molecule has 0 atom stereocenters. The first-order valence-electron chi connectivity index (χ1n) is 8.26. The van der Waals surface area contributed by atoms with Gasteiger partial charge in [0.2, 0.25) is 0 Å². The normalized spacial score (nSPS) is 14.6. The van der Waals surface area contributed by atoms with Gasteiger partial charge < -0.3 is 20.3 Å². The van der Waals surface area contributed by atoms with Gasteiger partial charge in [-0.2, -0.15) is 0 Å². The minimum atomic E-state index is -1.28. The summed E-state index contributed by atoms with van der Waals surface area (Å²) in [6.45, 7) is 4.95. The van der Waals surface area contributed by atoms with Gasteiger partial charge in [0.05, 0.1) is 11.4 Å². The van der Waals surface area contributed by atoms with Crippen LogP contribution in [-0.4, -0.2) is 42.2 Å². The number of halogens is 1. The number of carboxylic acids is 1. The molecule has 1 aliphatic rings. The second-order valence-corrected chi connectivity index (χ2v) is 5.97. The molecule has 1 saturated heterocycles. The minimum absolute atomic E-state index is 0.307. The second kappa shape index (κ2) is 7.06. The standard InChI is InChI=1S/C18H20FN3O3/c1-2-11-9-13(18(24)25)17(23)21-16(11)12-3-4-15(14(19)10-12)22-7-5-20-6-8-22/h3-4,9-10,20H,2,5-8H2,1H3,(H,21,23)(H,24,25). The van der Waals surface area contributed by atoms with Gasteiger partial charge in [0.15, 0.2) is 0 Å². The number of aromatic amines is 1. The SMILES string of the molecule is CCc1cc(C(=O)O)c(=O)[nH]c1-c1ccc(N2CCNCC2)c(F)c1. The van der Waals surface area contributed by atoms with Crippen LogP contribution in [0.5, 0.6) is 0 Å². The number of aromatic carboxylic acids is 1. The lowest BCUT2D eigenvalue weighted by molar-refractivity contribution is 0.0695. The summed E-state index contributed by atoms with van der Waals surface area (Å²) in [5.41, 5.74) is 1.19. The van der Waals surface area contributed by atoms with Crippen LogP contribution in [0.1, 0.15) is 22.8 Å². The van der Waals surface area contributed by atoms with Crippen LogP contribution in [0.2, 0.25) is 0 Å². The number of nitrogens with one attached hydrogen (secondary N) is 2. The first-order valence-corrected chi connectivity index (χ1v) is 8.26. The number of rotatable bonds is 4. The molecule has 25 heavy (non-hydrogen) atoms. The molecule has 132 valence electrons. The number of pyridine rings is 1. The molecule has 3 rings (SSSR count). The predicted octanol–water partition coefficient (Wildman–Crippen LogP) is 1.85. The van der Waals surface area contributed by atoms with Crippen LogP contribution < -0.4 is 15.8 Å². The van der Waals surface area contributed by atoms with E-state index in [1.54, 1.807) is 12.1 Å². The molecule has 0 bridgehead atoms. The number of hydrogen-bond donors (Lipinski definition) is 3. The van der Waals surface area contributed by atoms with Crippen LogP contribution in [0.15, 0.2) is 29.1 Å². The van der Waals surface area contributed by atoms with E-state index >= 15 is 0 Å². The van der Waals surface area contributed by atoms with Gasteiger partial charge in [0, 0.05) is 31.7 Å². The summed E-state index contributed by atoms with van der Waals surface area (Å²) in [6, 6.07) is 6.21. The quantitative estimate of drug-likeness (QED) is 0.787. The van der Waals surface area contributed by atoms with Gasteiger partial charge in [-0.3, -0.25) is 4.79 Å². The summed E-state index contributed by atoms with van der Waals surface area (Å²) < 4.78 is 14.6. The van der Waals surface area contributed by atoms with Crippen LogP contribution in [0.4, 0.5) is 10.1 Å². The van der Waals surface area contributed by atoms with Gasteiger partial charge >= 0.3 is 5.97 Å². The number of hydrogen-bond acceptors (Lipinski definition) is 4. The van der Waals surface area contributed by atoms with Crippen molar-refractivity contribution in [2.75, 3.05) is 31.1 Å². The van der Waals surface area contributed by atoms with Crippen LogP contribution in [0.3, 0.4) is 0 Å². The number of aromatic nitrogens is 1. The molecule has 1 aliphatic heterocycles.